The zero-order chi connectivity index (χ0) is 20.6. The number of carbonyl (C=O) groups excluding carboxylic acids is 2. The van der Waals surface area contributed by atoms with E-state index in [2.05, 4.69) is 22.5 Å². The molecule has 1 fully saturated rings. The Morgan fingerprint density at radius 1 is 1.31 bits per heavy atom. The van der Waals surface area contributed by atoms with Gasteiger partial charge in [-0.2, -0.15) is 0 Å². The Labute approximate surface area is 177 Å². The lowest BCUT2D eigenvalue weighted by Gasteiger charge is -2.30. The minimum Gasteiger partial charge on any atom is -0.487 e. The summed E-state index contributed by atoms with van der Waals surface area (Å²) in [5.41, 5.74) is 2.08. The highest BCUT2D eigenvalue weighted by Gasteiger charge is 2.17. The SMILES string of the molecule is Cc1ccc(C(=O)NCCCN2CCCC(C)C2)cc1NC(=O)C1=CSCCO1. The number of hydrogen-bond acceptors (Lipinski definition) is 5. The summed E-state index contributed by atoms with van der Waals surface area (Å²) in [6.07, 6.45) is 3.53. The fourth-order valence-electron chi connectivity index (χ4n) is 3.67. The number of hydrogen-bond donors (Lipinski definition) is 2. The highest BCUT2D eigenvalue weighted by atomic mass is 32.2. The number of likely N-dealkylation sites (tertiary alicyclic amines) is 1. The molecule has 1 aromatic carbocycles. The maximum atomic E-state index is 12.5. The average molecular weight is 418 g/mol. The number of ether oxygens (including phenoxy) is 1. The molecule has 2 aliphatic heterocycles. The van der Waals surface area contributed by atoms with Crippen LogP contribution in [0, 0.1) is 12.8 Å². The molecule has 2 amide bonds. The first-order chi connectivity index (χ1) is 14.0. The number of aryl methyl sites for hydroxylation is 1. The van der Waals surface area contributed by atoms with Crippen molar-refractivity contribution in [3.8, 4) is 0 Å². The Hall–Kier alpha value is -1.99. The van der Waals surface area contributed by atoms with E-state index in [0.29, 0.717) is 30.2 Å². The van der Waals surface area contributed by atoms with Crippen molar-refractivity contribution in [3.63, 3.8) is 0 Å². The predicted molar refractivity (Wildman–Crippen MR) is 118 cm³/mol. The molecule has 2 N–H and O–H groups in total. The molecule has 1 saturated heterocycles. The molecule has 1 unspecified atom stereocenters. The van der Waals surface area contributed by atoms with Gasteiger partial charge in [-0.3, -0.25) is 9.59 Å². The standard InChI is InChI=1S/C22H31N3O3S/c1-16-5-3-9-25(14-16)10-4-8-23-21(26)18-7-6-17(2)19(13-18)24-22(27)20-15-29-12-11-28-20/h6-7,13,15-16H,3-5,8-12,14H2,1-2H3,(H,23,26)(H,24,27). The second-order valence-corrected chi connectivity index (χ2v) is 8.82. The van der Waals surface area contributed by atoms with Crippen LogP contribution in [0.1, 0.15) is 42.1 Å². The second-order valence-electron chi connectivity index (χ2n) is 7.84. The van der Waals surface area contributed by atoms with Crippen LogP contribution < -0.4 is 10.6 Å². The molecule has 7 heteroatoms. The van der Waals surface area contributed by atoms with Crippen molar-refractivity contribution < 1.29 is 14.3 Å². The van der Waals surface area contributed by atoms with Crippen LogP contribution in [0.5, 0.6) is 0 Å². The quantitative estimate of drug-likeness (QED) is 0.666. The molecule has 3 rings (SSSR count). The smallest absolute Gasteiger partial charge is 0.291 e. The van der Waals surface area contributed by atoms with E-state index in [1.165, 1.54) is 12.8 Å². The summed E-state index contributed by atoms with van der Waals surface area (Å²) in [6, 6.07) is 5.37. The molecule has 2 heterocycles. The molecule has 2 aliphatic rings. The number of amides is 2. The van der Waals surface area contributed by atoms with Crippen LogP contribution in [0.2, 0.25) is 0 Å². The number of carbonyl (C=O) groups is 2. The molecular weight excluding hydrogens is 386 g/mol. The van der Waals surface area contributed by atoms with Crippen LogP contribution in [-0.2, 0) is 9.53 Å². The van der Waals surface area contributed by atoms with Crippen molar-refractivity contribution in [3.05, 3.63) is 40.5 Å². The normalized spacial score (nSPS) is 19.8. The van der Waals surface area contributed by atoms with Crippen LogP contribution in [0.4, 0.5) is 5.69 Å². The highest BCUT2D eigenvalue weighted by Crippen LogP contribution is 2.21. The van der Waals surface area contributed by atoms with Crippen molar-refractivity contribution in [1.82, 2.24) is 10.2 Å². The lowest BCUT2D eigenvalue weighted by atomic mass is 10.0. The first-order valence-electron chi connectivity index (χ1n) is 10.4. The molecule has 6 nitrogen and oxygen atoms in total. The van der Waals surface area contributed by atoms with Crippen molar-refractivity contribution in [2.45, 2.75) is 33.1 Å². The largest absolute Gasteiger partial charge is 0.487 e. The van der Waals surface area contributed by atoms with E-state index in [-0.39, 0.29) is 11.8 Å². The van der Waals surface area contributed by atoms with Gasteiger partial charge in [-0.1, -0.05) is 13.0 Å². The monoisotopic (exact) mass is 417 g/mol. The number of thioether (sulfide) groups is 1. The van der Waals surface area contributed by atoms with Crippen LogP contribution in [0.3, 0.4) is 0 Å². The van der Waals surface area contributed by atoms with Crippen LogP contribution in [0.15, 0.2) is 29.4 Å². The molecular formula is C22H31N3O3S. The third-order valence-corrected chi connectivity index (χ3v) is 6.08. The Bertz CT molecular complexity index is 766. The number of rotatable bonds is 7. The van der Waals surface area contributed by atoms with Gasteiger partial charge in [0.15, 0.2) is 5.76 Å². The highest BCUT2D eigenvalue weighted by molar-refractivity contribution is 8.02. The first-order valence-corrected chi connectivity index (χ1v) is 11.4. The van der Waals surface area contributed by atoms with E-state index < -0.39 is 0 Å². The van der Waals surface area contributed by atoms with Gasteiger partial charge in [0.05, 0.1) is 6.61 Å². The summed E-state index contributed by atoms with van der Waals surface area (Å²) in [7, 11) is 0. The Morgan fingerprint density at radius 2 is 2.17 bits per heavy atom. The predicted octanol–water partition coefficient (Wildman–Crippen LogP) is 3.39. The Balaban J connectivity index is 1.49. The summed E-state index contributed by atoms with van der Waals surface area (Å²) in [5, 5.41) is 7.58. The third kappa shape index (κ3) is 6.51. The van der Waals surface area contributed by atoms with Gasteiger partial charge in [0, 0.05) is 35.5 Å². The van der Waals surface area contributed by atoms with E-state index in [0.717, 1.165) is 43.3 Å². The average Bonchev–Trinajstić information content (AvgIpc) is 2.73. The fraction of sp³-hybridized carbons (Fsp3) is 0.545. The summed E-state index contributed by atoms with van der Waals surface area (Å²) >= 11 is 1.56. The van der Waals surface area contributed by atoms with Crippen molar-refractivity contribution in [2.24, 2.45) is 5.92 Å². The van der Waals surface area contributed by atoms with Crippen LogP contribution >= 0.6 is 11.8 Å². The summed E-state index contributed by atoms with van der Waals surface area (Å²) in [6.45, 7) is 8.73. The van der Waals surface area contributed by atoms with Gasteiger partial charge < -0.3 is 20.3 Å². The topological polar surface area (TPSA) is 70.7 Å². The molecule has 0 radical (unpaired) electrons. The molecule has 0 aromatic heterocycles. The van der Waals surface area contributed by atoms with E-state index in [1.807, 2.05) is 13.0 Å². The van der Waals surface area contributed by atoms with Crippen molar-refractivity contribution >= 4 is 29.3 Å². The molecule has 0 saturated carbocycles. The Kier molecular flexibility index (Phi) is 8.00. The molecule has 0 spiro atoms. The fourth-order valence-corrected chi connectivity index (χ4v) is 4.29. The zero-order valence-corrected chi connectivity index (χ0v) is 18.1. The van der Waals surface area contributed by atoms with Gasteiger partial charge in [-0.25, -0.2) is 0 Å². The minimum absolute atomic E-state index is 0.115. The Morgan fingerprint density at radius 3 is 2.93 bits per heavy atom. The first kappa shape index (κ1) is 21.7. The molecule has 0 aliphatic carbocycles. The van der Waals surface area contributed by atoms with Crippen molar-refractivity contribution in [1.29, 1.82) is 0 Å². The maximum absolute atomic E-state index is 12.5. The second kappa shape index (κ2) is 10.7. The van der Waals surface area contributed by atoms with Gasteiger partial charge >= 0.3 is 0 Å². The third-order valence-electron chi connectivity index (χ3n) is 5.30. The number of benzene rings is 1. The number of nitrogens with zero attached hydrogens (tertiary/aromatic N) is 1. The molecule has 1 aromatic rings. The summed E-state index contributed by atoms with van der Waals surface area (Å²) < 4.78 is 5.40. The van der Waals surface area contributed by atoms with E-state index in [9.17, 15) is 9.59 Å². The number of piperidine rings is 1. The summed E-state index contributed by atoms with van der Waals surface area (Å²) in [5.74, 6) is 1.54. The minimum atomic E-state index is -0.284. The van der Waals surface area contributed by atoms with Gasteiger partial charge in [0.1, 0.15) is 0 Å². The molecule has 1 atom stereocenters. The molecule has 158 valence electrons. The summed E-state index contributed by atoms with van der Waals surface area (Å²) in [4.78, 5) is 27.4. The van der Waals surface area contributed by atoms with Gasteiger partial charge in [0.2, 0.25) is 0 Å². The lowest BCUT2D eigenvalue weighted by Crippen LogP contribution is -2.36. The maximum Gasteiger partial charge on any atom is 0.291 e. The van der Waals surface area contributed by atoms with Crippen LogP contribution in [0.25, 0.3) is 0 Å². The molecule has 29 heavy (non-hydrogen) atoms. The van der Waals surface area contributed by atoms with Crippen LogP contribution in [-0.4, -0.2) is 55.3 Å². The van der Waals surface area contributed by atoms with E-state index in [1.54, 1.807) is 29.3 Å². The van der Waals surface area contributed by atoms with E-state index in [4.69, 9.17) is 4.74 Å². The zero-order valence-electron chi connectivity index (χ0n) is 17.3. The van der Waals surface area contributed by atoms with Crippen molar-refractivity contribution in [2.75, 3.05) is 43.9 Å². The van der Waals surface area contributed by atoms with Gasteiger partial charge in [-0.05, 0) is 62.9 Å². The lowest BCUT2D eigenvalue weighted by molar-refractivity contribution is -0.116. The number of nitrogens with one attached hydrogen (secondary N) is 2. The van der Waals surface area contributed by atoms with E-state index >= 15 is 0 Å². The van der Waals surface area contributed by atoms with Gasteiger partial charge in [-0.15, -0.1) is 11.8 Å². The number of anilines is 1. The van der Waals surface area contributed by atoms with Gasteiger partial charge in [0.25, 0.3) is 11.8 Å². The molecule has 0 bridgehead atoms.